The molecular weight excluding hydrogens is 192 g/mol. The summed E-state index contributed by atoms with van der Waals surface area (Å²) in [5.41, 5.74) is 2.30. The third kappa shape index (κ3) is 2.88. The van der Waals surface area contributed by atoms with Crippen molar-refractivity contribution in [1.29, 1.82) is 0 Å². The molecule has 0 N–H and O–H groups in total. The third-order valence-electron chi connectivity index (χ3n) is 1.39. The van der Waals surface area contributed by atoms with Gasteiger partial charge in [-0.1, -0.05) is 6.07 Å². The summed E-state index contributed by atoms with van der Waals surface area (Å²) < 4.78 is -0.389. The third-order valence-corrected chi connectivity index (χ3v) is 2.26. The van der Waals surface area contributed by atoms with E-state index in [0.29, 0.717) is 0 Å². The zero-order valence-corrected chi connectivity index (χ0v) is 8.50. The van der Waals surface area contributed by atoms with Crippen molar-refractivity contribution in [2.24, 2.45) is 0 Å². The molecule has 0 atom stereocenters. The van der Waals surface area contributed by atoms with Gasteiger partial charge in [-0.25, -0.2) is 0 Å². The second kappa shape index (κ2) is 3.97. The van der Waals surface area contributed by atoms with Gasteiger partial charge in [0, 0.05) is 4.90 Å². The minimum Gasteiger partial charge on any atom is -0.268 e. The van der Waals surface area contributed by atoms with Gasteiger partial charge in [0.2, 0.25) is 0 Å². The number of carbonyl (C=O) groups excluding carboxylic acids is 1. The molecule has 0 amide bonds. The van der Waals surface area contributed by atoms with E-state index in [0.717, 1.165) is 27.8 Å². The Morgan fingerprint density at radius 1 is 1.25 bits per heavy atom. The van der Waals surface area contributed by atoms with E-state index in [1.165, 1.54) is 0 Å². The molecular formula is C9H9ClOS. The van der Waals surface area contributed by atoms with Crippen LogP contribution in [0.15, 0.2) is 23.1 Å². The molecule has 1 aromatic carbocycles. The van der Waals surface area contributed by atoms with E-state index < -0.39 is 0 Å². The van der Waals surface area contributed by atoms with Gasteiger partial charge in [0.15, 0.2) is 0 Å². The Morgan fingerprint density at radius 2 is 1.75 bits per heavy atom. The van der Waals surface area contributed by atoms with E-state index in [1.54, 1.807) is 0 Å². The number of rotatable bonds is 1. The van der Waals surface area contributed by atoms with Crippen molar-refractivity contribution in [3.8, 4) is 0 Å². The number of hydrogen-bond donors (Lipinski definition) is 0. The molecule has 0 saturated heterocycles. The lowest BCUT2D eigenvalue weighted by molar-refractivity contribution is 0.276. The highest BCUT2D eigenvalue weighted by atomic mass is 35.5. The molecule has 0 bridgehead atoms. The van der Waals surface area contributed by atoms with Crippen LogP contribution in [0.1, 0.15) is 11.1 Å². The lowest BCUT2D eigenvalue weighted by Gasteiger charge is -2.00. The first-order valence-corrected chi connectivity index (χ1v) is 4.73. The molecule has 0 aliphatic heterocycles. The zero-order valence-electron chi connectivity index (χ0n) is 6.93. The van der Waals surface area contributed by atoms with Gasteiger partial charge in [-0.3, -0.25) is 4.79 Å². The minimum absolute atomic E-state index is 0.389. The maximum atomic E-state index is 10.6. The summed E-state index contributed by atoms with van der Waals surface area (Å²) in [6.45, 7) is 3.99. The molecule has 1 nitrogen and oxygen atoms in total. The van der Waals surface area contributed by atoms with Crippen LogP contribution in [0.2, 0.25) is 0 Å². The lowest BCUT2D eigenvalue weighted by atomic mass is 10.2. The standard InChI is InChI=1S/C9H9ClOS/c1-6-3-7(2)5-8(4-6)12-9(10)11/h3-5H,1-2H3. The van der Waals surface area contributed by atoms with Crippen molar-refractivity contribution < 1.29 is 4.79 Å². The Labute approximate surface area is 81.1 Å². The Hall–Kier alpha value is -0.470. The van der Waals surface area contributed by atoms with Crippen molar-refractivity contribution in [2.75, 3.05) is 0 Å². The summed E-state index contributed by atoms with van der Waals surface area (Å²) in [7, 11) is 0. The zero-order chi connectivity index (χ0) is 9.14. The number of halogens is 1. The number of aryl methyl sites for hydroxylation is 2. The van der Waals surface area contributed by atoms with Gasteiger partial charge in [0.05, 0.1) is 0 Å². The molecule has 1 rings (SSSR count). The molecule has 12 heavy (non-hydrogen) atoms. The Kier molecular flexibility index (Phi) is 3.18. The second-order valence-electron chi connectivity index (χ2n) is 2.66. The summed E-state index contributed by atoms with van der Waals surface area (Å²) in [5.74, 6) is 0. The largest absolute Gasteiger partial charge is 0.284 e. The summed E-state index contributed by atoms with van der Waals surface area (Å²) in [6, 6.07) is 5.94. The monoisotopic (exact) mass is 200 g/mol. The number of benzene rings is 1. The van der Waals surface area contributed by atoms with Crippen LogP contribution < -0.4 is 0 Å². The van der Waals surface area contributed by atoms with Crippen molar-refractivity contribution in [1.82, 2.24) is 0 Å². The van der Waals surface area contributed by atoms with Gasteiger partial charge in [-0.05, 0) is 60.5 Å². The maximum absolute atomic E-state index is 10.6. The highest BCUT2D eigenvalue weighted by molar-refractivity contribution is 8.16. The molecule has 0 aliphatic carbocycles. The molecule has 0 aromatic heterocycles. The fourth-order valence-electron chi connectivity index (χ4n) is 1.08. The van der Waals surface area contributed by atoms with Gasteiger partial charge >= 0.3 is 0 Å². The van der Waals surface area contributed by atoms with Crippen LogP contribution in [-0.4, -0.2) is 4.57 Å². The molecule has 0 radical (unpaired) electrons. The summed E-state index contributed by atoms with van der Waals surface area (Å²) in [5, 5.41) is 0. The Bertz CT molecular complexity index is 289. The van der Waals surface area contributed by atoms with Crippen molar-refractivity contribution in [3.05, 3.63) is 29.3 Å². The van der Waals surface area contributed by atoms with Gasteiger partial charge in [0.25, 0.3) is 4.57 Å². The Balaban J connectivity index is 2.93. The molecule has 0 aliphatic rings. The number of thioether (sulfide) groups is 1. The highest BCUT2D eigenvalue weighted by Gasteiger charge is 2.01. The highest BCUT2D eigenvalue weighted by Crippen LogP contribution is 2.23. The average molecular weight is 201 g/mol. The van der Waals surface area contributed by atoms with Crippen LogP contribution in [0.5, 0.6) is 0 Å². The average Bonchev–Trinajstić information content (AvgIpc) is 1.81. The smallest absolute Gasteiger partial charge is 0.268 e. The first kappa shape index (κ1) is 9.62. The molecule has 3 heteroatoms. The molecule has 0 spiro atoms. The van der Waals surface area contributed by atoms with E-state index in [9.17, 15) is 4.79 Å². The molecule has 64 valence electrons. The van der Waals surface area contributed by atoms with E-state index in [1.807, 2.05) is 26.0 Å². The van der Waals surface area contributed by atoms with Crippen LogP contribution in [0.25, 0.3) is 0 Å². The van der Waals surface area contributed by atoms with Crippen LogP contribution in [0, 0.1) is 13.8 Å². The summed E-state index contributed by atoms with van der Waals surface area (Å²) in [4.78, 5) is 11.5. The molecule has 0 unspecified atom stereocenters. The minimum atomic E-state index is -0.389. The number of hydrogen-bond acceptors (Lipinski definition) is 2. The molecule has 0 saturated carbocycles. The summed E-state index contributed by atoms with van der Waals surface area (Å²) in [6.07, 6.45) is 0. The van der Waals surface area contributed by atoms with E-state index in [-0.39, 0.29) is 4.57 Å². The van der Waals surface area contributed by atoms with Crippen LogP contribution in [0.4, 0.5) is 4.79 Å². The molecule has 0 heterocycles. The summed E-state index contributed by atoms with van der Waals surface area (Å²) >= 11 is 6.29. The van der Waals surface area contributed by atoms with Crippen molar-refractivity contribution >= 4 is 27.9 Å². The quantitative estimate of drug-likeness (QED) is 0.507. The predicted molar refractivity (Wildman–Crippen MR) is 53.0 cm³/mol. The van der Waals surface area contributed by atoms with Crippen LogP contribution >= 0.6 is 23.4 Å². The van der Waals surface area contributed by atoms with Crippen molar-refractivity contribution in [3.63, 3.8) is 0 Å². The van der Waals surface area contributed by atoms with Crippen LogP contribution in [0.3, 0.4) is 0 Å². The number of carbonyl (C=O) groups is 1. The second-order valence-corrected chi connectivity index (χ2v) is 4.28. The normalized spacial score (nSPS) is 9.92. The van der Waals surface area contributed by atoms with Crippen molar-refractivity contribution in [2.45, 2.75) is 18.7 Å². The van der Waals surface area contributed by atoms with Gasteiger partial charge in [0.1, 0.15) is 0 Å². The maximum Gasteiger partial charge on any atom is 0.284 e. The van der Waals surface area contributed by atoms with E-state index in [2.05, 4.69) is 6.07 Å². The van der Waals surface area contributed by atoms with Gasteiger partial charge < -0.3 is 0 Å². The molecule has 0 fully saturated rings. The predicted octanol–water partition coefficient (Wildman–Crippen LogP) is 3.75. The Morgan fingerprint density at radius 3 is 2.17 bits per heavy atom. The SMILES string of the molecule is Cc1cc(C)cc(SC(=O)Cl)c1. The van der Waals surface area contributed by atoms with E-state index >= 15 is 0 Å². The van der Waals surface area contributed by atoms with Gasteiger partial charge in [-0.2, -0.15) is 0 Å². The molecule has 1 aromatic rings. The fourth-order valence-corrected chi connectivity index (χ4v) is 2.03. The van der Waals surface area contributed by atoms with E-state index in [4.69, 9.17) is 11.6 Å². The van der Waals surface area contributed by atoms with Gasteiger partial charge in [-0.15, -0.1) is 0 Å². The topological polar surface area (TPSA) is 17.1 Å². The fraction of sp³-hybridized carbons (Fsp3) is 0.222. The first-order valence-electron chi connectivity index (χ1n) is 3.53. The van der Waals surface area contributed by atoms with Crippen LogP contribution in [-0.2, 0) is 0 Å². The first-order chi connectivity index (χ1) is 5.58. The lowest BCUT2D eigenvalue weighted by Crippen LogP contribution is -1.81.